The maximum atomic E-state index is 11.6. The molecule has 0 atom stereocenters. The number of ketones is 1. The summed E-state index contributed by atoms with van der Waals surface area (Å²) in [5.74, 6) is 1.32. The van der Waals surface area contributed by atoms with Crippen molar-refractivity contribution in [2.24, 2.45) is 0 Å². The Bertz CT molecular complexity index is 641. The number of rotatable bonds is 6. The highest BCUT2D eigenvalue weighted by Gasteiger charge is 2.09. The summed E-state index contributed by atoms with van der Waals surface area (Å²) in [4.78, 5) is 11.6. The fraction of sp³-hybridized carbons (Fsp3) is 0.188. The van der Waals surface area contributed by atoms with Crippen LogP contribution in [-0.2, 0) is 0 Å². The largest absolute Gasteiger partial charge is 0.490 e. The number of hydrogen-bond acceptors (Lipinski definition) is 3. The van der Waals surface area contributed by atoms with Crippen LogP contribution in [0.1, 0.15) is 17.3 Å². The molecular formula is C16H14Br2O3. The average molecular weight is 414 g/mol. The number of benzene rings is 2. The molecule has 0 unspecified atom stereocenters. The van der Waals surface area contributed by atoms with Crippen LogP contribution in [0, 0.1) is 0 Å². The Morgan fingerprint density at radius 1 is 1.00 bits per heavy atom. The molecule has 0 amide bonds. The topological polar surface area (TPSA) is 35.5 Å². The van der Waals surface area contributed by atoms with Gasteiger partial charge >= 0.3 is 0 Å². The van der Waals surface area contributed by atoms with E-state index in [1.165, 1.54) is 6.92 Å². The molecule has 110 valence electrons. The second-order valence-corrected chi connectivity index (χ2v) is 6.18. The minimum atomic E-state index is -0.0285. The highest BCUT2D eigenvalue weighted by Crippen LogP contribution is 2.24. The number of carbonyl (C=O) groups is 1. The van der Waals surface area contributed by atoms with Gasteiger partial charge in [0.15, 0.2) is 5.78 Å². The maximum Gasteiger partial charge on any atom is 0.163 e. The lowest BCUT2D eigenvalue weighted by molar-refractivity contribution is 0.101. The molecule has 21 heavy (non-hydrogen) atoms. The van der Waals surface area contributed by atoms with Crippen LogP contribution in [-0.4, -0.2) is 19.0 Å². The summed E-state index contributed by atoms with van der Waals surface area (Å²) in [6.07, 6.45) is 0. The number of ether oxygens (including phenoxy) is 2. The first-order chi connectivity index (χ1) is 10.1. The van der Waals surface area contributed by atoms with Crippen LogP contribution in [0.2, 0.25) is 0 Å². The van der Waals surface area contributed by atoms with Crippen LogP contribution in [0.25, 0.3) is 0 Å². The fourth-order valence-electron chi connectivity index (χ4n) is 1.77. The summed E-state index contributed by atoms with van der Waals surface area (Å²) < 4.78 is 13.0. The highest BCUT2D eigenvalue weighted by atomic mass is 79.9. The molecule has 0 aliphatic rings. The van der Waals surface area contributed by atoms with Crippen molar-refractivity contribution in [2.45, 2.75) is 6.92 Å². The van der Waals surface area contributed by atoms with Crippen molar-refractivity contribution in [1.82, 2.24) is 0 Å². The summed E-state index contributed by atoms with van der Waals surface area (Å²) in [6.45, 7) is 2.30. The smallest absolute Gasteiger partial charge is 0.163 e. The first-order valence-corrected chi connectivity index (χ1v) is 7.96. The van der Waals surface area contributed by atoms with Gasteiger partial charge in [-0.15, -0.1) is 0 Å². The zero-order chi connectivity index (χ0) is 15.2. The standard InChI is InChI=1S/C16H14Br2O3/c1-11(19)15-10-13(18)5-6-16(15)21-8-7-20-14-4-2-3-12(17)9-14/h2-6,9-10H,7-8H2,1H3. The highest BCUT2D eigenvalue weighted by molar-refractivity contribution is 9.10. The molecule has 0 aliphatic carbocycles. The number of carbonyl (C=O) groups excluding carboxylic acids is 1. The number of Topliss-reactive ketones (excluding diaryl/α,β-unsaturated/α-hetero) is 1. The molecular weight excluding hydrogens is 400 g/mol. The van der Waals surface area contributed by atoms with Gasteiger partial charge in [0.1, 0.15) is 24.7 Å². The van der Waals surface area contributed by atoms with Gasteiger partial charge in [0.2, 0.25) is 0 Å². The Balaban J connectivity index is 1.90. The van der Waals surface area contributed by atoms with E-state index in [-0.39, 0.29) is 5.78 Å². The molecule has 0 saturated carbocycles. The van der Waals surface area contributed by atoms with E-state index in [1.807, 2.05) is 30.3 Å². The fourth-order valence-corrected chi connectivity index (χ4v) is 2.51. The van der Waals surface area contributed by atoms with E-state index in [4.69, 9.17) is 9.47 Å². The molecule has 0 fully saturated rings. The molecule has 0 heterocycles. The maximum absolute atomic E-state index is 11.6. The second kappa shape index (κ2) is 7.61. The van der Waals surface area contributed by atoms with E-state index in [2.05, 4.69) is 31.9 Å². The lowest BCUT2D eigenvalue weighted by Gasteiger charge is -2.11. The van der Waals surface area contributed by atoms with Crippen LogP contribution in [0.15, 0.2) is 51.4 Å². The predicted octanol–water partition coefficient (Wildman–Crippen LogP) is 4.87. The van der Waals surface area contributed by atoms with E-state index in [9.17, 15) is 4.79 Å². The molecule has 2 aromatic rings. The van der Waals surface area contributed by atoms with Crippen LogP contribution >= 0.6 is 31.9 Å². The number of hydrogen-bond donors (Lipinski definition) is 0. The molecule has 0 aliphatic heterocycles. The van der Waals surface area contributed by atoms with Crippen LogP contribution < -0.4 is 9.47 Å². The predicted molar refractivity (Wildman–Crippen MR) is 89.3 cm³/mol. The molecule has 2 rings (SSSR count). The van der Waals surface area contributed by atoms with Crippen molar-refractivity contribution in [2.75, 3.05) is 13.2 Å². The lowest BCUT2D eigenvalue weighted by Crippen LogP contribution is -2.10. The number of halogens is 2. The van der Waals surface area contributed by atoms with E-state index in [0.717, 1.165) is 14.7 Å². The Hall–Kier alpha value is -1.33. The van der Waals surface area contributed by atoms with E-state index in [0.29, 0.717) is 24.5 Å². The Morgan fingerprint density at radius 3 is 2.43 bits per heavy atom. The van der Waals surface area contributed by atoms with Crippen LogP contribution in [0.3, 0.4) is 0 Å². The van der Waals surface area contributed by atoms with Gasteiger partial charge in [0, 0.05) is 8.95 Å². The molecule has 0 bridgehead atoms. The SMILES string of the molecule is CC(=O)c1cc(Br)ccc1OCCOc1cccc(Br)c1. The first-order valence-electron chi connectivity index (χ1n) is 6.38. The Labute approximate surface area is 140 Å². The van der Waals surface area contributed by atoms with Crippen molar-refractivity contribution < 1.29 is 14.3 Å². The third-order valence-electron chi connectivity index (χ3n) is 2.73. The molecule has 5 heteroatoms. The first kappa shape index (κ1) is 16.0. The lowest BCUT2D eigenvalue weighted by atomic mass is 10.1. The van der Waals surface area contributed by atoms with Gasteiger partial charge in [-0.1, -0.05) is 37.9 Å². The zero-order valence-electron chi connectivity index (χ0n) is 11.4. The summed E-state index contributed by atoms with van der Waals surface area (Å²) >= 11 is 6.73. The van der Waals surface area contributed by atoms with Crippen molar-refractivity contribution in [3.8, 4) is 11.5 Å². The molecule has 0 spiro atoms. The van der Waals surface area contributed by atoms with Gasteiger partial charge in [-0.3, -0.25) is 4.79 Å². The molecule has 0 radical (unpaired) electrons. The summed E-state index contributed by atoms with van der Waals surface area (Å²) in [5.41, 5.74) is 0.562. The quantitative estimate of drug-likeness (QED) is 0.500. The van der Waals surface area contributed by atoms with E-state index < -0.39 is 0 Å². The van der Waals surface area contributed by atoms with Gasteiger partial charge in [-0.2, -0.15) is 0 Å². The molecule has 0 N–H and O–H groups in total. The minimum Gasteiger partial charge on any atom is -0.490 e. The third kappa shape index (κ3) is 4.86. The van der Waals surface area contributed by atoms with Gasteiger partial charge in [-0.05, 0) is 43.3 Å². The van der Waals surface area contributed by atoms with Crippen LogP contribution in [0.5, 0.6) is 11.5 Å². The zero-order valence-corrected chi connectivity index (χ0v) is 14.6. The second-order valence-electron chi connectivity index (χ2n) is 4.35. The Morgan fingerprint density at radius 2 is 1.71 bits per heavy atom. The molecule has 3 nitrogen and oxygen atoms in total. The van der Waals surface area contributed by atoms with Gasteiger partial charge in [0.25, 0.3) is 0 Å². The van der Waals surface area contributed by atoms with Crippen LogP contribution in [0.4, 0.5) is 0 Å². The molecule has 0 saturated heterocycles. The molecule has 2 aromatic carbocycles. The summed E-state index contributed by atoms with van der Waals surface area (Å²) in [7, 11) is 0. The van der Waals surface area contributed by atoms with Crippen molar-refractivity contribution in [1.29, 1.82) is 0 Å². The van der Waals surface area contributed by atoms with E-state index >= 15 is 0 Å². The summed E-state index contributed by atoms with van der Waals surface area (Å²) in [6, 6.07) is 13.0. The van der Waals surface area contributed by atoms with Gasteiger partial charge in [-0.25, -0.2) is 0 Å². The normalized spacial score (nSPS) is 10.2. The van der Waals surface area contributed by atoms with Gasteiger partial charge in [0.05, 0.1) is 5.56 Å². The van der Waals surface area contributed by atoms with Gasteiger partial charge < -0.3 is 9.47 Å². The molecule has 0 aromatic heterocycles. The monoisotopic (exact) mass is 412 g/mol. The summed E-state index contributed by atoms with van der Waals surface area (Å²) in [5, 5.41) is 0. The van der Waals surface area contributed by atoms with E-state index in [1.54, 1.807) is 12.1 Å². The van der Waals surface area contributed by atoms with Crippen molar-refractivity contribution >= 4 is 37.6 Å². The minimum absolute atomic E-state index is 0.0285. The van der Waals surface area contributed by atoms with Crippen molar-refractivity contribution in [3.05, 3.63) is 57.0 Å². The Kier molecular flexibility index (Phi) is 5.82. The average Bonchev–Trinajstić information content (AvgIpc) is 2.44. The third-order valence-corrected chi connectivity index (χ3v) is 3.71. The van der Waals surface area contributed by atoms with Crippen molar-refractivity contribution in [3.63, 3.8) is 0 Å².